The Hall–Kier alpha value is -3.19. The summed E-state index contributed by atoms with van der Waals surface area (Å²) in [4.78, 5) is 31.8. The van der Waals surface area contributed by atoms with Crippen LogP contribution in [0.1, 0.15) is 23.2 Å². The Morgan fingerprint density at radius 3 is 2.73 bits per heavy atom. The van der Waals surface area contributed by atoms with E-state index in [1.54, 1.807) is 29.5 Å². The third-order valence-corrected chi connectivity index (χ3v) is 6.70. The van der Waals surface area contributed by atoms with Crippen molar-refractivity contribution < 1.29 is 9.21 Å². The number of hydrogen-bond donors (Lipinski definition) is 1. The van der Waals surface area contributed by atoms with Crippen LogP contribution in [0.25, 0.3) is 21.2 Å². The molecule has 0 spiro atoms. The monoisotopic (exact) mass is 419 g/mol. The summed E-state index contributed by atoms with van der Waals surface area (Å²) in [6.45, 7) is 2.38. The molecule has 1 amide bonds. The molecule has 1 N–H and O–H groups in total. The van der Waals surface area contributed by atoms with Gasteiger partial charge in [-0.15, -0.1) is 0 Å². The summed E-state index contributed by atoms with van der Waals surface area (Å²) >= 11 is 1.72. The van der Waals surface area contributed by atoms with Crippen LogP contribution < -0.4 is 15.8 Å². The summed E-state index contributed by atoms with van der Waals surface area (Å²) in [5, 5.41) is 4.72. The van der Waals surface area contributed by atoms with E-state index in [2.05, 4.69) is 16.3 Å². The molecule has 2 aromatic heterocycles. The van der Waals surface area contributed by atoms with Crippen LogP contribution in [0.15, 0.2) is 63.8 Å². The fourth-order valence-corrected chi connectivity index (χ4v) is 4.89. The lowest BCUT2D eigenvalue weighted by Gasteiger charge is -2.31. The van der Waals surface area contributed by atoms with Crippen molar-refractivity contribution in [2.45, 2.75) is 12.8 Å². The van der Waals surface area contributed by atoms with Gasteiger partial charge in [0.15, 0.2) is 5.13 Å². The summed E-state index contributed by atoms with van der Waals surface area (Å²) in [6.07, 6.45) is 1.95. The summed E-state index contributed by atoms with van der Waals surface area (Å²) in [5.74, 6) is 0.00943. The molecule has 1 saturated heterocycles. The average molecular weight is 420 g/mol. The number of para-hydroxylation sites is 2. The van der Waals surface area contributed by atoms with E-state index in [9.17, 15) is 9.59 Å². The number of aromatic nitrogens is 1. The van der Waals surface area contributed by atoms with Gasteiger partial charge in [0.25, 0.3) is 5.91 Å². The van der Waals surface area contributed by atoms with Crippen LogP contribution in [0.3, 0.4) is 0 Å². The predicted octanol–water partition coefficient (Wildman–Crippen LogP) is 4.05. The first kappa shape index (κ1) is 18.8. The highest BCUT2D eigenvalue weighted by molar-refractivity contribution is 7.22. The molecular formula is C23H21N3O3S. The van der Waals surface area contributed by atoms with E-state index in [0.717, 1.165) is 42.0 Å². The second-order valence-corrected chi connectivity index (χ2v) is 8.60. The first-order valence-electron chi connectivity index (χ1n) is 10.1. The van der Waals surface area contributed by atoms with Crippen molar-refractivity contribution in [2.75, 3.05) is 24.5 Å². The zero-order chi connectivity index (χ0) is 20.5. The number of piperidine rings is 1. The van der Waals surface area contributed by atoms with E-state index < -0.39 is 5.63 Å². The SMILES string of the molecule is O=C(NCC1CCN(c2nc3ccccc3s2)CC1)c1cc2ccccc2oc1=O. The van der Waals surface area contributed by atoms with Crippen LogP contribution in [-0.4, -0.2) is 30.5 Å². The molecule has 0 aliphatic carbocycles. The van der Waals surface area contributed by atoms with E-state index in [0.29, 0.717) is 18.0 Å². The molecule has 1 aliphatic heterocycles. The molecule has 2 aromatic carbocycles. The van der Waals surface area contributed by atoms with Gasteiger partial charge in [-0.2, -0.15) is 0 Å². The van der Waals surface area contributed by atoms with Gasteiger partial charge in [-0.1, -0.05) is 41.7 Å². The number of anilines is 1. The smallest absolute Gasteiger partial charge is 0.349 e. The number of nitrogens with zero attached hydrogens (tertiary/aromatic N) is 2. The highest BCUT2D eigenvalue weighted by atomic mass is 32.1. The van der Waals surface area contributed by atoms with Gasteiger partial charge >= 0.3 is 5.63 Å². The molecule has 1 aliphatic rings. The number of rotatable bonds is 4. The van der Waals surface area contributed by atoms with Crippen LogP contribution in [-0.2, 0) is 0 Å². The number of fused-ring (bicyclic) bond motifs is 2. The van der Waals surface area contributed by atoms with E-state index in [4.69, 9.17) is 9.40 Å². The molecule has 7 heteroatoms. The summed E-state index contributed by atoms with van der Waals surface area (Å²) in [6, 6.07) is 17.0. The van der Waals surface area contributed by atoms with Crippen LogP contribution in [0.2, 0.25) is 0 Å². The Morgan fingerprint density at radius 2 is 1.90 bits per heavy atom. The molecule has 6 nitrogen and oxygen atoms in total. The normalized spacial score (nSPS) is 15.0. The Kier molecular flexibility index (Phi) is 4.96. The van der Waals surface area contributed by atoms with Crippen molar-refractivity contribution in [3.63, 3.8) is 0 Å². The number of amides is 1. The van der Waals surface area contributed by atoms with Crippen molar-refractivity contribution in [3.8, 4) is 0 Å². The number of carbonyl (C=O) groups is 1. The lowest BCUT2D eigenvalue weighted by Crippen LogP contribution is -2.39. The number of benzene rings is 2. The first-order valence-corrected chi connectivity index (χ1v) is 10.9. The number of carbonyl (C=O) groups excluding carboxylic acids is 1. The number of thiazole rings is 1. The van der Waals surface area contributed by atoms with Crippen molar-refractivity contribution in [1.29, 1.82) is 0 Å². The van der Waals surface area contributed by atoms with Gasteiger partial charge in [0.05, 0.1) is 10.2 Å². The van der Waals surface area contributed by atoms with Gasteiger partial charge in [-0.3, -0.25) is 4.79 Å². The zero-order valence-electron chi connectivity index (χ0n) is 16.3. The van der Waals surface area contributed by atoms with E-state index in [1.165, 1.54) is 4.70 Å². The largest absolute Gasteiger partial charge is 0.422 e. The molecule has 30 heavy (non-hydrogen) atoms. The average Bonchev–Trinajstić information content (AvgIpc) is 3.21. The maximum absolute atomic E-state index is 12.5. The fraction of sp³-hybridized carbons (Fsp3) is 0.261. The van der Waals surface area contributed by atoms with Gasteiger partial charge in [0, 0.05) is 25.0 Å². The van der Waals surface area contributed by atoms with E-state index >= 15 is 0 Å². The number of hydrogen-bond acceptors (Lipinski definition) is 6. The van der Waals surface area contributed by atoms with Crippen molar-refractivity contribution in [2.24, 2.45) is 5.92 Å². The van der Waals surface area contributed by atoms with Gasteiger partial charge < -0.3 is 14.6 Å². The van der Waals surface area contributed by atoms with Crippen LogP contribution in [0.4, 0.5) is 5.13 Å². The van der Waals surface area contributed by atoms with Gasteiger partial charge in [-0.05, 0) is 43.0 Å². The molecule has 0 radical (unpaired) electrons. The van der Waals surface area contributed by atoms with Crippen LogP contribution in [0.5, 0.6) is 0 Å². The minimum absolute atomic E-state index is 0.0561. The Morgan fingerprint density at radius 1 is 1.13 bits per heavy atom. The second-order valence-electron chi connectivity index (χ2n) is 7.59. The minimum atomic E-state index is -0.600. The van der Waals surface area contributed by atoms with Crippen LogP contribution in [0, 0.1) is 5.92 Å². The highest BCUT2D eigenvalue weighted by Gasteiger charge is 2.23. The van der Waals surface area contributed by atoms with Crippen LogP contribution >= 0.6 is 11.3 Å². The van der Waals surface area contributed by atoms with Gasteiger partial charge in [0.2, 0.25) is 0 Å². The lowest BCUT2D eigenvalue weighted by atomic mass is 9.97. The third kappa shape index (κ3) is 3.68. The third-order valence-electron chi connectivity index (χ3n) is 5.60. The van der Waals surface area contributed by atoms with Gasteiger partial charge in [0.1, 0.15) is 11.1 Å². The van der Waals surface area contributed by atoms with Crippen molar-refractivity contribution >= 4 is 43.6 Å². The fourth-order valence-electron chi connectivity index (χ4n) is 3.88. The van der Waals surface area contributed by atoms with E-state index in [-0.39, 0.29) is 11.5 Å². The standard InChI is InChI=1S/C23H21N3O3S/c27-21(17-13-16-5-1-3-7-19(16)29-22(17)28)24-14-15-9-11-26(12-10-15)23-25-18-6-2-4-8-20(18)30-23/h1-8,13,15H,9-12,14H2,(H,24,27). The topological polar surface area (TPSA) is 75.4 Å². The quantitative estimate of drug-likeness (QED) is 0.505. The van der Waals surface area contributed by atoms with Gasteiger partial charge in [-0.25, -0.2) is 9.78 Å². The summed E-state index contributed by atoms with van der Waals surface area (Å²) in [7, 11) is 0. The molecule has 0 saturated carbocycles. The second kappa shape index (κ2) is 7.91. The maximum Gasteiger partial charge on any atom is 0.349 e. The minimum Gasteiger partial charge on any atom is -0.422 e. The molecule has 0 bridgehead atoms. The Labute approximate surface area is 177 Å². The molecule has 0 unspecified atom stereocenters. The zero-order valence-corrected chi connectivity index (χ0v) is 17.2. The molecule has 4 aromatic rings. The number of nitrogens with one attached hydrogen (secondary N) is 1. The molecule has 3 heterocycles. The molecule has 0 atom stereocenters. The first-order chi connectivity index (χ1) is 14.7. The maximum atomic E-state index is 12.5. The van der Waals surface area contributed by atoms with Crippen molar-refractivity contribution in [3.05, 3.63) is 70.6 Å². The molecule has 1 fully saturated rings. The molecule has 152 valence electrons. The lowest BCUT2D eigenvalue weighted by molar-refractivity contribution is 0.0941. The van der Waals surface area contributed by atoms with Crippen molar-refractivity contribution in [1.82, 2.24) is 10.3 Å². The Bertz CT molecular complexity index is 1240. The van der Waals surface area contributed by atoms with E-state index in [1.807, 2.05) is 30.3 Å². The molecule has 5 rings (SSSR count). The predicted molar refractivity (Wildman–Crippen MR) is 119 cm³/mol. The summed E-state index contributed by atoms with van der Waals surface area (Å²) < 4.78 is 6.47. The Balaban J connectivity index is 1.19. The molecular weight excluding hydrogens is 398 g/mol. The summed E-state index contributed by atoms with van der Waals surface area (Å²) in [5.41, 5.74) is 0.986. The highest BCUT2D eigenvalue weighted by Crippen LogP contribution is 2.31.